The van der Waals surface area contributed by atoms with Crippen molar-refractivity contribution >= 4 is 28.7 Å². The summed E-state index contributed by atoms with van der Waals surface area (Å²) in [6.45, 7) is 14.9. The van der Waals surface area contributed by atoms with E-state index in [1.807, 2.05) is 70.2 Å². The number of benzene rings is 2. The summed E-state index contributed by atoms with van der Waals surface area (Å²) in [7, 11) is 0. The molecule has 2 aromatic carbocycles. The molecule has 0 bridgehead atoms. The minimum absolute atomic E-state index is 0.126. The number of aliphatic hydroxyl groups is 2. The molecule has 3 amide bonds. The zero-order valence-electron chi connectivity index (χ0n) is 29.8. The number of carbonyl (C=O) groups excluding carboxylic acids is 3. The van der Waals surface area contributed by atoms with Gasteiger partial charge in [-0.1, -0.05) is 95.8 Å². The van der Waals surface area contributed by atoms with Gasteiger partial charge in [0.25, 0.3) is 0 Å². The summed E-state index contributed by atoms with van der Waals surface area (Å²) < 4.78 is 5.73. The van der Waals surface area contributed by atoms with E-state index >= 15 is 0 Å². The molecule has 2 aromatic rings. The number of nitrogens with zero attached hydrogens (tertiary/aromatic N) is 1. The lowest BCUT2D eigenvalue weighted by Crippen LogP contribution is -2.60. The molecule has 1 aliphatic rings. The summed E-state index contributed by atoms with van der Waals surface area (Å²) in [5.41, 5.74) is 0.184. The van der Waals surface area contributed by atoms with Crippen LogP contribution in [0, 0.1) is 11.8 Å². The average Bonchev–Trinajstić information content (AvgIpc) is 3.01. The highest BCUT2D eigenvalue weighted by Crippen LogP contribution is 2.27. The molecule has 0 aliphatic heterocycles. The van der Waals surface area contributed by atoms with Crippen LogP contribution in [0.5, 0.6) is 0 Å². The van der Waals surface area contributed by atoms with E-state index in [9.17, 15) is 24.6 Å². The van der Waals surface area contributed by atoms with Crippen LogP contribution in [-0.4, -0.2) is 75.0 Å². The van der Waals surface area contributed by atoms with E-state index in [1.54, 1.807) is 32.6 Å². The molecule has 0 radical (unpaired) electrons. The molecule has 6 atom stereocenters. The molecule has 4 N–H and O–H groups in total. The Morgan fingerprint density at radius 3 is 2.15 bits per heavy atom. The topological polar surface area (TPSA) is 128 Å². The molecule has 0 unspecified atom stereocenters. The van der Waals surface area contributed by atoms with Crippen molar-refractivity contribution in [3.63, 3.8) is 0 Å². The number of hydrogen-bond acceptors (Lipinski definition) is 6. The Morgan fingerprint density at radius 2 is 1.55 bits per heavy atom. The van der Waals surface area contributed by atoms with Crippen LogP contribution in [0.3, 0.4) is 0 Å². The van der Waals surface area contributed by atoms with Gasteiger partial charge in [-0.05, 0) is 81.5 Å². The first-order valence-corrected chi connectivity index (χ1v) is 17.6. The molecule has 0 spiro atoms. The van der Waals surface area contributed by atoms with Gasteiger partial charge in [0.1, 0.15) is 23.8 Å². The lowest BCUT2D eigenvalue weighted by Gasteiger charge is -2.39. The van der Waals surface area contributed by atoms with E-state index in [0.29, 0.717) is 19.3 Å². The standard InChI is InChI=1S/C38H59N3O6/c1-9-25(4)33(40-35(44)26(5)41(30-17-11-10-12-18-30)37(46)47-38(6,7)8)36(45)39-31(34(43)32(42)21-24(2)3)23-27-19-20-28-15-13-14-16-29(28)22-27/h13-16,19-20,22,24-26,30-34,42-43H,9-12,17-18,21,23H2,1-8H3,(H,39,45)(H,40,44)/t25-,26-,31-,32-,33-,34+/m0/s1. The second kappa shape index (κ2) is 17.3. The summed E-state index contributed by atoms with van der Waals surface area (Å²) in [5, 5.41) is 30.4. The first kappa shape index (κ1) is 38.3. The summed E-state index contributed by atoms with van der Waals surface area (Å²) in [4.78, 5) is 42.9. The van der Waals surface area contributed by atoms with E-state index in [0.717, 1.165) is 48.4 Å². The lowest BCUT2D eigenvalue weighted by atomic mass is 9.91. The maximum absolute atomic E-state index is 14.0. The van der Waals surface area contributed by atoms with E-state index in [2.05, 4.69) is 10.6 Å². The molecular weight excluding hydrogens is 594 g/mol. The smallest absolute Gasteiger partial charge is 0.411 e. The van der Waals surface area contributed by atoms with Crippen LogP contribution in [0.15, 0.2) is 42.5 Å². The highest BCUT2D eigenvalue weighted by Gasteiger charge is 2.38. The molecule has 0 heterocycles. The van der Waals surface area contributed by atoms with E-state index in [-0.39, 0.29) is 17.9 Å². The summed E-state index contributed by atoms with van der Waals surface area (Å²) >= 11 is 0. The second-order valence-corrected chi connectivity index (χ2v) is 14.9. The molecule has 262 valence electrons. The Hall–Kier alpha value is -3.17. The summed E-state index contributed by atoms with van der Waals surface area (Å²) in [5.74, 6) is -0.978. The number of rotatable bonds is 14. The van der Waals surface area contributed by atoms with Crippen LogP contribution in [0.2, 0.25) is 0 Å². The Morgan fingerprint density at radius 1 is 0.915 bits per heavy atom. The van der Waals surface area contributed by atoms with Gasteiger partial charge in [0.15, 0.2) is 0 Å². The molecule has 1 aliphatic carbocycles. The maximum atomic E-state index is 14.0. The van der Waals surface area contributed by atoms with Gasteiger partial charge in [0.2, 0.25) is 11.8 Å². The van der Waals surface area contributed by atoms with Crippen LogP contribution in [0.1, 0.15) is 106 Å². The molecule has 0 saturated heterocycles. The maximum Gasteiger partial charge on any atom is 0.411 e. The number of ether oxygens (including phenoxy) is 1. The van der Waals surface area contributed by atoms with E-state index in [1.165, 1.54) is 0 Å². The van der Waals surface area contributed by atoms with Gasteiger partial charge in [0.05, 0.1) is 12.1 Å². The second-order valence-electron chi connectivity index (χ2n) is 14.9. The van der Waals surface area contributed by atoms with Crippen molar-refractivity contribution in [2.75, 3.05) is 0 Å². The number of carbonyl (C=O) groups is 3. The number of fused-ring (bicyclic) bond motifs is 1. The number of aliphatic hydroxyl groups excluding tert-OH is 2. The molecule has 1 saturated carbocycles. The Bertz CT molecular complexity index is 1320. The predicted octanol–water partition coefficient (Wildman–Crippen LogP) is 6.12. The number of hydrogen-bond donors (Lipinski definition) is 4. The van der Waals surface area contributed by atoms with Gasteiger partial charge in [-0.2, -0.15) is 0 Å². The summed E-state index contributed by atoms with van der Waals surface area (Å²) in [6.07, 6.45) is 3.08. The zero-order valence-corrected chi connectivity index (χ0v) is 29.8. The van der Waals surface area contributed by atoms with Crippen LogP contribution >= 0.6 is 0 Å². The highest BCUT2D eigenvalue weighted by atomic mass is 16.6. The average molecular weight is 654 g/mol. The Kier molecular flexibility index (Phi) is 14.1. The minimum Gasteiger partial charge on any atom is -0.444 e. The fraction of sp³-hybridized carbons (Fsp3) is 0.658. The Labute approximate surface area is 281 Å². The van der Waals surface area contributed by atoms with Crippen molar-refractivity contribution in [3.05, 3.63) is 48.0 Å². The molecule has 0 aromatic heterocycles. The fourth-order valence-electron chi connectivity index (χ4n) is 6.44. The van der Waals surface area contributed by atoms with Gasteiger partial charge in [-0.25, -0.2) is 4.79 Å². The first-order chi connectivity index (χ1) is 22.1. The quantitative estimate of drug-likeness (QED) is 0.194. The third-order valence-electron chi connectivity index (χ3n) is 9.28. The largest absolute Gasteiger partial charge is 0.444 e. The van der Waals surface area contributed by atoms with Crippen LogP contribution in [-0.2, 0) is 20.7 Å². The Balaban J connectivity index is 1.86. The molecular formula is C38H59N3O6. The molecule has 47 heavy (non-hydrogen) atoms. The lowest BCUT2D eigenvalue weighted by molar-refractivity contribution is -0.134. The molecule has 9 heteroatoms. The van der Waals surface area contributed by atoms with Gasteiger partial charge >= 0.3 is 6.09 Å². The van der Waals surface area contributed by atoms with Crippen molar-refractivity contribution in [1.29, 1.82) is 0 Å². The van der Waals surface area contributed by atoms with Crippen molar-refractivity contribution in [2.45, 2.75) is 149 Å². The highest BCUT2D eigenvalue weighted by molar-refractivity contribution is 5.91. The summed E-state index contributed by atoms with van der Waals surface area (Å²) in [6, 6.07) is 11.3. The van der Waals surface area contributed by atoms with Gasteiger partial charge in [0, 0.05) is 6.04 Å². The van der Waals surface area contributed by atoms with Crippen molar-refractivity contribution in [2.24, 2.45) is 11.8 Å². The van der Waals surface area contributed by atoms with Crippen LogP contribution in [0.4, 0.5) is 4.79 Å². The third-order valence-corrected chi connectivity index (χ3v) is 9.28. The first-order valence-electron chi connectivity index (χ1n) is 17.6. The molecule has 1 fully saturated rings. The van der Waals surface area contributed by atoms with E-state index < -0.39 is 53.8 Å². The predicted molar refractivity (Wildman–Crippen MR) is 187 cm³/mol. The van der Waals surface area contributed by atoms with Gasteiger partial charge < -0.3 is 25.6 Å². The van der Waals surface area contributed by atoms with Crippen LogP contribution in [0.25, 0.3) is 10.8 Å². The monoisotopic (exact) mass is 653 g/mol. The SMILES string of the molecule is CC[C@H](C)[C@H](NC(=O)[C@H](C)N(C(=O)OC(C)(C)C)C1CCCCC1)C(=O)N[C@@H](Cc1ccc2ccccc2c1)[C@@H](O)[C@@H](O)CC(C)C. The number of amides is 3. The van der Waals surface area contributed by atoms with Gasteiger partial charge in [-0.3, -0.25) is 14.5 Å². The zero-order chi connectivity index (χ0) is 34.9. The molecule has 9 nitrogen and oxygen atoms in total. The third kappa shape index (κ3) is 11.2. The normalized spacial score (nSPS) is 18.1. The van der Waals surface area contributed by atoms with Gasteiger partial charge in [-0.15, -0.1) is 0 Å². The van der Waals surface area contributed by atoms with Crippen molar-refractivity contribution in [3.8, 4) is 0 Å². The van der Waals surface area contributed by atoms with Crippen molar-refractivity contribution < 1.29 is 29.3 Å². The number of nitrogens with one attached hydrogen (secondary N) is 2. The van der Waals surface area contributed by atoms with E-state index in [4.69, 9.17) is 4.74 Å². The van der Waals surface area contributed by atoms with Crippen LogP contribution < -0.4 is 10.6 Å². The molecule has 3 rings (SSSR count). The van der Waals surface area contributed by atoms with Crippen molar-refractivity contribution in [1.82, 2.24) is 15.5 Å². The fourth-order valence-corrected chi connectivity index (χ4v) is 6.44. The minimum atomic E-state index is -1.23.